The van der Waals surface area contributed by atoms with Crippen molar-refractivity contribution in [2.45, 2.75) is 25.8 Å². The fourth-order valence-corrected chi connectivity index (χ4v) is 1.56. The van der Waals surface area contributed by atoms with E-state index in [1.54, 1.807) is 6.07 Å². The zero-order chi connectivity index (χ0) is 13.4. The van der Waals surface area contributed by atoms with Crippen LogP contribution in [0.25, 0.3) is 0 Å². The molecule has 5 heteroatoms. The second-order valence-electron chi connectivity index (χ2n) is 4.19. The maximum Gasteiger partial charge on any atom is 0.270 e. The molecule has 0 aliphatic carbocycles. The van der Waals surface area contributed by atoms with Crippen molar-refractivity contribution in [3.63, 3.8) is 0 Å². The summed E-state index contributed by atoms with van der Waals surface area (Å²) in [5, 5.41) is 5.69. The second kappa shape index (κ2) is 7.06. The summed E-state index contributed by atoms with van der Waals surface area (Å²) >= 11 is 0. The summed E-state index contributed by atoms with van der Waals surface area (Å²) in [6, 6.07) is 6.39. The third-order valence-electron chi connectivity index (χ3n) is 2.52. The van der Waals surface area contributed by atoms with Gasteiger partial charge in [-0.1, -0.05) is 18.2 Å². The molecule has 100 valence electrons. The number of benzene rings is 1. The molecule has 0 atom stereocenters. The second-order valence-corrected chi connectivity index (χ2v) is 4.19. The van der Waals surface area contributed by atoms with Gasteiger partial charge in [0, 0.05) is 25.6 Å². The summed E-state index contributed by atoms with van der Waals surface area (Å²) in [6.07, 6.45) is 1.47. The first-order valence-corrected chi connectivity index (χ1v) is 5.89. The van der Waals surface area contributed by atoms with Gasteiger partial charge in [-0.25, -0.2) is 8.78 Å². The molecule has 1 aromatic rings. The van der Waals surface area contributed by atoms with E-state index in [2.05, 4.69) is 10.6 Å². The molecule has 0 unspecified atom stereocenters. The minimum absolute atomic E-state index is 0.0319. The van der Waals surface area contributed by atoms with Gasteiger partial charge >= 0.3 is 0 Å². The molecule has 0 bridgehead atoms. The van der Waals surface area contributed by atoms with Crippen molar-refractivity contribution in [2.75, 3.05) is 13.1 Å². The Morgan fingerprint density at radius 3 is 2.78 bits per heavy atom. The summed E-state index contributed by atoms with van der Waals surface area (Å²) in [5.41, 5.74) is 0.863. The summed E-state index contributed by atoms with van der Waals surface area (Å²) in [4.78, 5) is 9.99. The molecule has 0 aromatic heterocycles. The van der Waals surface area contributed by atoms with Gasteiger partial charge in [-0.15, -0.1) is 0 Å². The molecule has 1 amide bonds. The first kappa shape index (κ1) is 14.6. The van der Waals surface area contributed by atoms with Crippen LogP contribution in [0, 0.1) is 0 Å². The normalized spacial score (nSPS) is 11.3. The fourth-order valence-electron chi connectivity index (χ4n) is 1.56. The van der Waals surface area contributed by atoms with Crippen molar-refractivity contribution >= 4 is 6.41 Å². The molecule has 0 saturated heterocycles. The van der Waals surface area contributed by atoms with Gasteiger partial charge in [0.15, 0.2) is 0 Å². The van der Waals surface area contributed by atoms with Gasteiger partial charge in [-0.2, -0.15) is 0 Å². The van der Waals surface area contributed by atoms with E-state index >= 15 is 0 Å². The van der Waals surface area contributed by atoms with Crippen molar-refractivity contribution in [3.05, 3.63) is 35.4 Å². The summed E-state index contributed by atoms with van der Waals surface area (Å²) in [6.45, 7) is 2.78. The zero-order valence-electron chi connectivity index (χ0n) is 10.4. The topological polar surface area (TPSA) is 41.1 Å². The lowest BCUT2D eigenvalue weighted by Crippen LogP contribution is -2.21. The number of amides is 1. The molecule has 0 aliphatic rings. The standard InChI is InChI=1S/C13H18F2N2O/c1-13(14,15)12-5-2-4-11(8-12)9-16-6-3-7-17-10-18/h2,4-5,8,10,16H,3,6-7,9H2,1H3,(H,17,18). The van der Waals surface area contributed by atoms with E-state index in [-0.39, 0.29) is 5.56 Å². The lowest BCUT2D eigenvalue weighted by atomic mass is 10.1. The number of hydrogen-bond donors (Lipinski definition) is 2. The highest BCUT2D eigenvalue weighted by Gasteiger charge is 2.23. The van der Waals surface area contributed by atoms with Crippen molar-refractivity contribution in [2.24, 2.45) is 0 Å². The summed E-state index contributed by atoms with van der Waals surface area (Å²) in [5.74, 6) is -2.80. The number of carbonyl (C=O) groups excluding carboxylic acids is 1. The molecule has 0 aliphatic heterocycles. The number of nitrogens with one attached hydrogen (secondary N) is 2. The average Bonchev–Trinajstić information content (AvgIpc) is 2.33. The van der Waals surface area contributed by atoms with Crippen molar-refractivity contribution in [3.8, 4) is 0 Å². The van der Waals surface area contributed by atoms with Gasteiger partial charge in [0.25, 0.3) is 5.92 Å². The molecule has 0 radical (unpaired) electrons. The van der Waals surface area contributed by atoms with E-state index < -0.39 is 5.92 Å². The average molecular weight is 256 g/mol. The van der Waals surface area contributed by atoms with Gasteiger partial charge in [-0.3, -0.25) is 4.79 Å². The fraction of sp³-hybridized carbons (Fsp3) is 0.462. The van der Waals surface area contributed by atoms with Gasteiger partial charge in [0.2, 0.25) is 6.41 Å². The summed E-state index contributed by atoms with van der Waals surface area (Å²) < 4.78 is 26.2. The number of alkyl halides is 2. The Balaban J connectivity index is 2.36. The highest BCUT2D eigenvalue weighted by Crippen LogP contribution is 2.27. The number of halogens is 2. The lowest BCUT2D eigenvalue weighted by Gasteiger charge is -2.12. The van der Waals surface area contributed by atoms with Crippen molar-refractivity contribution < 1.29 is 13.6 Å². The largest absolute Gasteiger partial charge is 0.359 e. The van der Waals surface area contributed by atoms with E-state index in [1.165, 1.54) is 12.1 Å². The third kappa shape index (κ3) is 5.23. The van der Waals surface area contributed by atoms with E-state index in [4.69, 9.17) is 0 Å². The smallest absolute Gasteiger partial charge is 0.270 e. The Morgan fingerprint density at radius 2 is 2.11 bits per heavy atom. The van der Waals surface area contributed by atoms with Gasteiger partial charge in [-0.05, 0) is 24.6 Å². The van der Waals surface area contributed by atoms with Crippen LogP contribution in [0.15, 0.2) is 24.3 Å². The number of rotatable bonds is 8. The van der Waals surface area contributed by atoms with Crippen LogP contribution >= 0.6 is 0 Å². The first-order chi connectivity index (χ1) is 8.54. The SMILES string of the molecule is CC(F)(F)c1cccc(CNCCCNC=O)c1. The monoisotopic (exact) mass is 256 g/mol. The molecular formula is C13H18F2N2O. The molecule has 0 spiro atoms. The van der Waals surface area contributed by atoms with Gasteiger partial charge < -0.3 is 10.6 Å². The minimum Gasteiger partial charge on any atom is -0.359 e. The highest BCUT2D eigenvalue weighted by atomic mass is 19.3. The van der Waals surface area contributed by atoms with Crippen molar-refractivity contribution in [1.82, 2.24) is 10.6 Å². The van der Waals surface area contributed by atoms with Crippen LogP contribution in [0.1, 0.15) is 24.5 Å². The van der Waals surface area contributed by atoms with Crippen LogP contribution in [-0.4, -0.2) is 19.5 Å². The maximum absolute atomic E-state index is 13.1. The lowest BCUT2D eigenvalue weighted by molar-refractivity contribution is -0.109. The molecular weight excluding hydrogens is 238 g/mol. The number of carbonyl (C=O) groups is 1. The minimum atomic E-state index is -2.80. The van der Waals surface area contributed by atoms with E-state index in [0.29, 0.717) is 19.5 Å². The predicted octanol–water partition coefficient (Wildman–Crippen LogP) is 2.02. The van der Waals surface area contributed by atoms with Crippen LogP contribution in [0.4, 0.5) is 8.78 Å². The van der Waals surface area contributed by atoms with E-state index in [9.17, 15) is 13.6 Å². The van der Waals surface area contributed by atoms with Gasteiger partial charge in [0.05, 0.1) is 0 Å². The maximum atomic E-state index is 13.1. The molecule has 0 fully saturated rings. The Hall–Kier alpha value is -1.49. The van der Waals surface area contributed by atoms with E-state index in [0.717, 1.165) is 25.5 Å². The Bertz CT molecular complexity index is 377. The quantitative estimate of drug-likeness (QED) is 0.552. The molecule has 18 heavy (non-hydrogen) atoms. The van der Waals surface area contributed by atoms with Crippen LogP contribution in [0.2, 0.25) is 0 Å². The number of hydrogen-bond acceptors (Lipinski definition) is 2. The molecule has 3 nitrogen and oxygen atoms in total. The van der Waals surface area contributed by atoms with Crippen LogP contribution in [0.3, 0.4) is 0 Å². The van der Waals surface area contributed by atoms with E-state index in [1.807, 2.05) is 6.07 Å². The molecule has 0 heterocycles. The zero-order valence-corrected chi connectivity index (χ0v) is 10.4. The highest BCUT2D eigenvalue weighted by molar-refractivity contribution is 5.45. The van der Waals surface area contributed by atoms with Gasteiger partial charge in [0.1, 0.15) is 0 Å². The first-order valence-electron chi connectivity index (χ1n) is 5.89. The molecule has 1 rings (SSSR count). The Kier molecular flexibility index (Phi) is 5.71. The molecule has 2 N–H and O–H groups in total. The summed E-state index contributed by atoms with van der Waals surface area (Å²) in [7, 11) is 0. The Labute approximate surface area is 106 Å². The third-order valence-corrected chi connectivity index (χ3v) is 2.52. The van der Waals surface area contributed by atoms with Crippen LogP contribution < -0.4 is 10.6 Å². The van der Waals surface area contributed by atoms with Crippen LogP contribution in [0.5, 0.6) is 0 Å². The predicted molar refractivity (Wildman–Crippen MR) is 66.4 cm³/mol. The Morgan fingerprint density at radius 1 is 1.33 bits per heavy atom. The molecule has 0 saturated carbocycles. The molecule has 1 aromatic carbocycles. The van der Waals surface area contributed by atoms with Crippen molar-refractivity contribution in [1.29, 1.82) is 0 Å². The van der Waals surface area contributed by atoms with Crippen LogP contribution in [-0.2, 0) is 17.3 Å².